The van der Waals surface area contributed by atoms with Crippen LogP contribution < -0.4 is 5.32 Å². The van der Waals surface area contributed by atoms with E-state index in [1.54, 1.807) is 36.4 Å². The third kappa shape index (κ3) is 2.32. The molecule has 2 aromatic rings. The number of nitrogens with one attached hydrogen (secondary N) is 1. The largest absolute Gasteiger partial charge is 0.478 e. The molecule has 0 saturated heterocycles. The van der Waals surface area contributed by atoms with Crippen LogP contribution in [0.2, 0.25) is 0 Å². The Morgan fingerprint density at radius 1 is 1.44 bits per heavy atom. The fraction of sp³-hybridized carbons (Fsp3) is 0.143. The molecule has 2 rings (SSSR count). The number of rotatable bonds is 4. The van der Waals surface area contributed by atoms with Crippen LogP contribution in [0, 0.1) is 0 Å². The van der Waals surface area contributed by atoms with Crippen LogP contribution in [0.4, 0.5) is 5.82 Å². The highest BCUT2D eigenvalue weighted by atomic mass is 16.4. The SMILES string of the molecule is C=CC(C)Nc1ccc2c(C(=O)O)cccc2n1. The van der Waals surface area contributed by atoms with E-state index in [2.05, 4.69) is 16.9 Å². The minimum atomic E-state index is -0.942. The van der Waals surface area contributed by atoms with E-state index >= 15 is 0 Å². The van der Waals surface area contributed by atoms with Crippen LogP contribution in [0.3, 0.4) is 0 Å². The number of hydrogen-bond acceptors (Lipinski definition) is 3. The normalized spacial score (nSPS) is 12.1. The number of carbonyl (C=O) groups is 1. The predicted octanol–water partition coefficient (Wildman–Crippen LogP) is 2.92. The molecule has 18 heavy (non-hydrogen) atoms. The van der Waals surface area contributed by atoms with Gasteiger partial charge in [0.05, 0.1) is 11.1 Å². The Morgan fingerprint density at radius 2 is 2.22 bits per heavy atom. The van der Waals surface area contributed by atoms with E-state index in [0.29, 0.717) is 16.7 Å². The molecule has 2 N–H and O–H groups in total. The van der Waals surface area contributed by atoms with Gasteiger partial charge >= 0.3 is 5.97 Å². The molecule has 0 radical (unpaired) electrons. The molecular weight excluding hydrogens is 228 g/mol. The lowest BCUT2D eigenvalue weighted by Crippen LogP contribution is -2.12. The topological polar surface area (TPSA) is 62.2 Å². The van der Waals surface area contributed by atoms with Crippen molar-refractivity contribution >= 4 is 22.7 Å². The lowest BCUT2D eigenvalue weighted by molar-refractivity contribution is 0.0699. The highest BCUT2D eigenvalue weighted by Gasteiger charge is 2.09. The van der Waals surface area contributed by atoms with Gasteiger partial charge in [0, 0.05) is 11.4 Å². The van der Waals surface area contributed by atoms with Crippen molar-refractivity contribution in [3.63, 3.8) is 0 Å². The van der Waals surface area contributed by atoms with E-state index in [1.807, 2.05) is 6.92 Å². The zero-order chi connectivity index (χ0) is 13.1. The molecular formula is C14H14N2O2. The number of fused-ring (bicyclic) bond motifs is 1. The Labute approximate surface area is 105 Å². The summed E-state index contributed by atoms with van der Waals surface area (Å²) < 4.78 is 0. The number of carboxylic acid groups (broad SMARTS) is 1. The van der Waals surface area contributed by atoms with Crippen molar-refractivity contribution in [2.75, 3.05) is 5.32 Å². The lowest BCUT2D eigenvalue weighted by atomic mass is 10.1. The molecule has 0 spiro atoms. The molecule has 4 heteroatoms. The van der Waals surface area contributed by atoms with Gasteiger partial charge in [0.1, 0.15) is 5.82 Å². The first-order valence-electron chi connectivity index (χ1n) is 5.64. The summed E-state index contributed by atoms with van der Waals surface area (Å²) in [6.45, 7) is 5.65. The summed E-state index contributed by atoms with van der Waals surface area (Å²) in [6, 6.07) is 8.72. The number of benzene rings is 1. The van der Waals surface area contributed by atoms with Gasteiger partial charge in [0.2, 0.25) is 0 Å². The zero-order valence-corrected chi connectivity index (χ0v) is 10.1. The standard InChI is InChI=1S/C14H14N2O2/c1-3-9(2)15-13-8-7-10-11(14(17)18)5-4-6-12(10)16-13/h3-9H,1H2,2H3,(H,15,16)(H,17,18). The molecule has 0 fully saturated rings. The van der Waals surface area contributed by atoms with Crippen molar-refractivity contribution in [3.05, 3.63) is 48.6 Å². The molecule has 92 valence electrons. The molecule has 1 aromatic carbocycles. The van der Waals surface area contributed by atoms with Crippen molar-refractivity contribution in [1.82, 2.24) is 4.98 Å². The maximum atomic E-state index is 11.1. The van der Waals surface area contributed by atoms with Crippen LogP contribution in [0.25, 0.3) is 10.9 Å². The van der Waals surface area contributed by atoms with Crippen LogP contribution in [0.15, 0.2) is 43.0 Å². The van der Waals surface area contributed by atoms with Gasteiger partial charge in [-0.2, -0.15) is 0 Å². The minimum absolute atomic E-state index is 0.109. The second-order valence-electron chi connectivity index (χ2n) is 4.04. The predicted molar refractivity (Wildman–Crippen MR) is 72.0 cm³/mol. The number of pyridine rings is 1. The number of aromatic carboxylic acids is 1. The molecule has 4 nitrogen and oxygen atoms in total. The molecule has 0 aliphatic rings. The van der Waals surface area contributed by atoms with Crippen LogP contribution in [-0.2, 0) is 0 Å². The Hall–Kier alpha value is -2.36. The van der Waals surface area contributed by atoms with Crippen LogP contribution in [0.1, 0.15) is 17.3 Å². The average molecular weight is 242 g/mol. The maximum Gasteiger partial charge on any atom is 0.336 e. The summed E-state index contributed by atoms with van der Waals surface area (Å²) >= 11 is 0. The quantitative estimate of drug-likeness (QED) is 0.809. The minimum Gasteiger partial charge on any atom is -0.478 e. The van der Waals surface area contributed by atoms with Crippen molar-refractivity contribution in [1.29, 1.82) is 0 Å². The molecule has 0 bridgehead atoms. The van der Waals surface area contributed by atoms with E-state index in [9.17, 15) is 4.79 Å². The molecule has 1 aromatic heterocycles. The second-order valence-corrected chi connectivity index (χ2v) is 4.04. The molecule has 0 aliphatic carbocycles. The number of nitrogens with zero attached hydrogens (tertiary/aromatic N) is 1. The Balaban J connectivity index is 2.47. The summed E-state index contributed by atoms with van der Waals surface area (Å²) in [5.74, 6) is -0.236. The van der Waals surface area contributed by atoms with Gasteiger partial charge < -0.3 is 10.4 Å². The van der Waals surface area contributed by atoms with Gasteiger partial charge in [-0.15, -0.1) is 6.58 Å². The lowest BCUT2D eigenvalue weighted by Gasteiger charge is -2.11. The van der Waals surface area contributed by atoms with Gasteiger partial charge in [0.25, 0.3) is 0 Å². The van der Waals surface area contributed by atoms with Gasteiger partial charge in [-0.1, -0.05) is 12.1 Å². The molecule has 0 amide bonds. The highest BCUT2D eigenvalue weighted by molar-refractivity contribution is 6.02. The van der Waals surface area contributed by atoms with Crippen molar-refractivity contribution < 1.29 is 9.90 Å². The monoisotopic (exact) mass is 242 g/mol. The molecule has 1 unspecified atom stereocenters. The number of aromatic nitrogens is 1. The molecule has 0 saturated carbocycles. The third-order valence-electron chi connectivity index (χ3n) is 2.69. The van der Waals surface area contributed by atoms with Crippen molar-refractivity contribution in [2.24, 2.45) is 0 Å². The molecule has 0 aliphatic heterocycles. The number of anilines is 1. The van der Waals surface area contributed by atoms with E-state index in [0.717, 1.165) is 0 Å². The first-order valence-corrected chi connectivity index (χ1v) is 5.64. The summed E-state index contributed by atoms with van der Waals surface area (Å²) in [6.07, 6.45) is 1.78. The van der Waals surface area contributed by atoms with E-state index in [-0.39, 0.29) is 11.6 Å². The zero-order valence-electron chi connectivity index (χ0n) is 10.1. The van der Waals surface area contributed by atoms with Gasteiger partial charge in [-0.3, -0.25) is 0 Å². The summed E-state index contributed by atoms with van der Waals surface area (Å²) in [5.41, 5.74) is 0.930. The number of hydrogen-bond donors (Lipinski definition) is 2. The number of carboxylic acids is 1. The van der Waals surface area contributed by atoms with Gasteiger partial charge in [0.15, 0.2) is 0 Å². The summed E-state index contributed by atoms with van der Waals surface area (Å²) in [7, 11) is 0. The fourth-order valence-corrected chi connectivity index (χ4v) is 1.71. The molecule has 1 atom stereocenters. The first-order chi connectivity index (χ1) is 8.61. The van der Waals surface area contributed by atoms with E-state index in [4.69, 9.17) is 5.11 Å². The highest BCUT2D eigenvalue weighted by Crippen LogP contribution is 2.19. The van der Waals surface area contributed by atoms with Crippen LogP contribution in [0.5, 0.6) is 0 Å². The van der Waals surface area contributed by atoms with Crippen LogP contribution in [-0.4, -0.2) is 22.1 Å². The third-order valence-corrected chi connectivity index (χ3v) is 2.69. The smallest absolute Gasteiger partial charge is 0.336 e. The first kappa shape index (κ1) is 12.1. The Kier molecular flexibility index (Phi) is 3.28. The average Bonchev–Trinajstić information content (AvgIpc) is 2.37. The second kappa shape index (κ2) is 4.87. The fourth-order valence-electron chi connectivity index (χ4n) is 1.71. The molecule has 1 heterocycles. The Bertz CT molecular complexity index is 608. The van der Waals surface area contributed by atoms with Gasteiger partial charge in [-0.25, -0.2) is 9.78 Å². The van der Waals surface area contributed by atoms with E-state index < -0.39 is 5.97 Å². The maximum absolute atomic E-state index is 11.1. The van der Waals surface area contributed by atoms with Gasteiger partial charge in [-0.05, 0) is 31.2 Å². The van der Waals surface area contributed by atoms with E-state index in [1.165, 1.54) is 0 Å². The summed E-state index contributed by atoms with van der Waals surface area (Å²) in [5, 5.41) is 12.9. The summed E-state index contributed by atoms with van der Waals surface area (Å²) in [4.78, 5) is 15.5. The van der Waals surface area contributed by atoms with Crippen LogP contribution >= 0.6 is 0 Å². The van der Waals surface area contributed by atoms with Crippen molar-refractivity contribution in [3.8, 4) is 0 Å². The Morgan fingerprint density at radius 3 is 2.89 bits per heavy atom. The van der Waals surface area contributed by atoms with Crippen molar-refractivity contribution in [2.45, 2.75) is 13.0 Å².